The Morgan fingerprint density at radius 2 is 2.11 bits per heavy atom. The van der Waals surface area contributed by atoms with Crippen molar-refractivity contribution in [2.75, 3.05) is 7.05 Å². The highest BCUT2D eigenvalue weighted by Crippen LogP contribution is 2.26. The van der Waals surface area contributed by atoms with E-state index in [-0.39, 0.29) is 0 Å². The van der Waals surface area contributed by atoms with Gasteiger partial charge >= 0.3 is 0 Å². The second-order valence-corrected chi connectivity index (χ2v) is 4.78. The van der Waals surface area contributed by atoms with Crippen LogP contribution in [0.5, 0.6) is 0 Å². The molecule has 1 unspecified atom stereocenters. The van der Waals surface area contributed by atoms with Gasteiger partial charge in [-0.25, -0.2) is 0 Å². The topological polar surface area (TPSA) is 24.9 Å². The Morgan fingerprint density at radius 3 is 2.89 bits per heavy atom. The van der Waals surface area contributed by atoms with Crippen molar-refractivity contribution in [1.29, 1.82) is 0 Å². The maximum absolute atomic E-state index is 4.19. The van der Waals surface area contributed by atoms with Crippen LogP contribution in [0.1, 0.15) is 44.2 Å². The molecule has 0 aliphatic heterocycles. The van der Waals surface area contributed by atoms with Gasteiger partial charge in [-0.1, -0.05) is 44.4 Å². The predicted octanol–water partition coefficient (Wildman–Crippen LogP) is 4.08. The monoisotopic (exact) mass is 242 g/mol. The fourth-order valence-electron chi connectivity index (χ4n) is 2.51. The number of benzene rings is 1. The Morgan fingerprint density at radius 1 is 1.22 bits per heavy atom. The summed E-state index contributed by atoms with van der Waals surface area (Å²) in [4.78, 5) is 4.19. The SMILES string of the molecule is CCCCCC(NC)c1cccc2cnccc12. The van der Waals surface area contributed by atoms with Crippen LogP contribution in [0, 0.1) is 0 Å². The second kappa shape index (κ2) is 6.50. The van der Waals surface area contributed by atoms with Crippen molar-refractivity contribution in [1.82, 2.24) is 10.3 Å². The number of rotatable bonds is 6. The molecule has 1 heterocycles. The van der Waals surface area contributed by atoms with Crippen molar-refractivity contribution in [3.63, 3.8) is 0 Å². The van der Waals surface area contributed by atoms with Crippen LogP contribution < -0.4 is 5.32 Å². The molecule has 0 aliphatic carbocycles. The van der Waals surface area contributed by atoms with Crippen LogP contribution in [0.3, 0.4) is 0 Å². The lowest BCUT2D eigenvalue weighted by Crippen LogP contribution is -2.16. The van der Waals surface area contributed by atoms with Gasteiger partial charge in [-0.3, -0.25) is 4.98 Å². The van der Waals surface area contributed by atoms with Gasteiger partial charge in [0.25, 0.3) is 0 Å². The summed E-state index contributed by atoms with van der Waals surface area (Å²) >= 11 is 0. The Balaban J connectivity index is 2.27. The molecule has 2 heteroatoms. The zero-order chi connectivity index (χ0) is 12.8. The summed E-state index contributed by atoms with van der Waals surface area (Å²) in [6.07, 6.45) is 8.89. The first-order chi connectivity index (χ1) is 8.86. The minimum absolute atomic E-state index is 0.447. The fourth-order valence-corrected chi connectivity index (χ4v) is 2.51. The molecular weight excluding hydrogens is 220 g/mol. The number of nitrogens with one attached hydrogen (secondary N) is 1. The minimum Gasteiger partial charge on any atom is -0.313 e. The van der Waals surface area contributed by atoms with Gasteiger partial charge in [0.1, 0.15) is 0 Å². The van der Waals surface area contributed by atoms with Gasteiger partial charge in [0, 0.05) is 23.8 Å². The highest BCUT2D eigenvalue weighted by Gasteiger charge is 2.11. The van der Waals surface area contributed by atoms with E-state index in [1.807, 2.05) is 12.4 Å². The van der Waals surface area contributed by atoms with Crippen molar-refractivity contribution in [2.45, 2.75) is 38.6 Å². The highest BCUT2D eigenvalue weighted by molar-refractivity contribution is 5.85. The smallest absolute Gasteiger partial charge is 0.0346 e. The van der Waals surface area contributed by atoms with Gasteiger partial charge in [-0.2, -0.15) is 0 Å². The molecule has 1 aromatic carbocycles. The third kappa shape index (κ3) is 2.88. The molecule has 1 aromatic heterocycles. The molecule has 1 atom stereocenters. The molecular formula is C16H22N2. The zero-order valence-electron chi connectivity index (χ0n) is 11.3. The van der Waals surface area contributed by atoms with E-state index in [9.17, 15) is 0 Å². The lowest BCUT2D eigenvalue weighted by atomic mass is 9.96. The lowest BCUT2D eigenvalue weighted by molar-refractivity contribution is 0.514. The first kappa shape index (κ1) is 13.0. The van der Waals surface area contributed by atoms with E-state index < -0.39 is 0 Å². The van der Waals surface area contributed by atoms with Crippen LogP contribution in [0.15, 0.2) is 36.7 Å². The van der Waals surface area contributed by atoms with E-state index >= 15 is 0 Å². The predicted molar refractivity (Wildman–Crippen MR) is 77.7 cm³/mol. The maximum atomic E-state index is 4.19. The van der Waals surface area contributed by atoms with Crippen LogP contribution in [-0.2, 0) is 0 Å². The Bertz CT molecular complexity index is 488. The number of fused-ring (bicyclic) bond motifs is 1. The number of nitrogens with zero attached hydrogens (tertiary/aromatic N) is 1. The third-order valence-electron chi connectivity index (χ3n) is 3.53. The van der Waals surface area contributed by atoms with E-state index in [0.717, 1.165) is 0 Å². The molecule has 1 N–H and O–H groups in total. The molecule has 96 valence electrons. The van der Waals surface area contributed by atoms with Gasteiger partial charge < -0.3 is 5.32 Å². The van der Waals surface area contributed by atoms with Gasteiger partial charge in [-0.15, -0.1) is 0 Å². The highest BCUT2D eigenvalue weighted by atomic mass is 14.9. The zero-order valence-corrected chi connectivity index (χ0v) is 11.3. The van der Waals surface area contributed by atoms with E-state index in [4.69, 9.17) is 0 Å². The molecule has 0 saturated carbocycles. The lowest BCUT2D eigenvalue weighted by Gasteiger charge is -2.18. The quantitative estimate of drug-likeness (QED) is 0.772. The number of hydrogen-bond acceptors (Lipinski definition) is 2. The minimum atomic E-state index is 0.447. The van der Waals surface area contributed by atoms with Gasteiger partial charge in [0.2, 0.25) is 0 Å². The summed E-state index contributed by atoms with van der Waals surface area (Å²) < 4.78 is 0. The number of aromatic nitrogens is 1. The molecule has 18 heavy (non-hydrogen) atoms. The molecule has 2 rings (SSSR count). The van der Waals surface area contributed by atoms with E-state index in [1.54, 1.807) is 0 Å². The molecule has 0 amide bonds. The van der Waals surface area contributed by atoms with Crippen molar-refractivity contribution >= 4 is 10.8 Å². The summed E-state index contributed by atoms with van der Waals surface area (Å²) in [5, 5.41) is 6.00. The average molecular weight is 242 g/mol. The average Bonchev–Trinajstić information content (AvgIpc) is 2.43. The van der Waals surface area contributed by atoms with Gasteiger partial charge in [-0.05, 0) is 30.5 Å². The Labute approximate surface area is 109 Å². The summed E-state index contributed by atoms with van der Waals surface area (Å²) in [7, 11) is 2.05. The van der Waals surface area contributed by atoms with Crippen molar-refractivity contribution < 1.29 is 0 Å². The molecule has 0 spiro atoms. The first-order valence-electron chi connectivity index (χ1n) is 6.86. The largest absolute Gasteiger partial charge is 0.313 e. The van der Waals surface area contributed by atoms with Crippen LogP contribution in [0.25, 0.3) is 10.8 Å². The maximum Gasteiger partial charge on any atom is 0.0346 e. The Hall–Kier alpha value is -1.41. The third-order valence-corrected chi connectivity index (χ3v) is 3.53. The summed E-state index contributed by atoms with van der Waals surface area (Å²) in [5.74, 6) is 0. The van der Waals surface area contributed by atoms with Crippen molar-refractivity contribution in [3.8, 4) is 0 Å². The second-order valence-electron chi connectivity index (χ2n) is 4.78. The van der Waals surface area contributed by atoms with E-state index in [0.29, 0.717) is 6.04 Å². The van der Waals surface area contributed by atoms with E-state index in [2.05, 4.69) is 48.5 Å². The van der Waals surface area contributed by atoms with E-state index in [1.165, 1.54) is 42.0 Å². The molecule has 0 radical (unpaired) electrons. The normalized spacial score (nSPS) is 12.8. The van der Waals surface area contributed by atoms with Crippen molar-refractivity contribution in [2.24, 2.45) is 0 Å². The number of unbranched alkanes of at least 4 members (excludes halogenated alkanes) is 2. The van der Waals surface area contributed by atoms with Gasteiger partial charge in [0.15, 0.2) is 0 Å². The number of hydrogen-bond donors (Lipinski definition) is 1. The standard InChI is InChI=1S/C16H22N2/c1-3-4-5-9-16(17-2)15-8-6-7-13-12-18-11-10-14(13)15/h6-8,10-12,16-17H,3-5,9H2,1-2H3. The molecule has 2 aromatic rings. The summed E-state index contributed by atoms with van der Waals surface area (Å²) in [5.41, 5.74) is 1.40. The van der Waals surface area contributed by atoms with Crippen LogP contribution >= 0.6 is 0 Å². The van der Waals surface area contributed by atoms with Crippen LogP contribution in [0.2, 0.25) is 0 Å². The fraction of sp³-hybridized carbons (Fsp3) is 0.438. The molecule has 0 fully saturated rings. The molecule has 0 aliphatic rings. The van der Waals surface area contributed by atoms with Gasteiger partial charge in [0.05, 0.1) is 0 Å². The van der Waals surface area contributed by atoms with Crippen molar-refractivity contribution in [3.05, 3.63) is 42.2 Å². The molecule has 0 bridgehead atoms. The first-order valence-corrected chi connectivity index (χ1v) is 6.86. The Kier molecular flexibility index (Phi) is 4.71. The van der Waals surface area contributed by atoms with Crippen LogP contribution in [0.4, 0.5) is 0 Å². The molecule has 0 saturated heterocycles. The number of pyridine rings is 1. The van der Waals surface area contributed by atoms with Crippen LogP contribution in [-0.4, -0.2) is 12.0 Å². The summed E-state index contributed by atoms with van der Waals surface area (Å²) in [6.45, 7) is 2.25. The summed E-state index contributed by atoms with van der Waals surface area (Å²) in [6, 6.07) is 9.06. The molecule has 2 nitrogen and oxygen atoms in total.